The van der Waals surface area contributed by atoms with E-state index >= 15 is 0 Å². The minimum absolute atomic E-state index is 0.0166. The largest absolute Gasteiger partial charge is 0.341 e. The Morgan fingerprint density at radius 3 is 2.64 bits per heavy atom. The van der Waals surface area contributed by atoms with Crippen LogP contribution in [0.5, 0.6) is 0 Å². The Morgan fingerprint density at radius 2 is 1.88 bits per heavy atom. The Balaban J connectivity index is 1.70. The van der Waals surface area contributed by atoms with Crippen molar-refractivity contribution in [2.24, 2.45) is 39.9 Å². The molecule has 6 saturated carbocycles. The summed E-state index contributed by atoms with van der Waals surface area (Å²) in [6, 6.07) is 0.0804. The van der Waals surface area contributed by atoms with E-state index in [2.05, 4.69) is 6.58 Å². The Bertz CT molecular complexity index is 801. The number of rotatable bonds is 0. The zero-order valence-electron chi connectivity index (χ0n) is 15.0. The van der Waals surface area contributed by atoms with E-state index in [9.17, 15) is 14.4 Å². The Hall–Kier alpha value is -1.45. The van der Waals surface area contributed by atoms with E-state index in [1.54, 1.807) is 0 Å². The molecule has 6 aliphatic carbocycles. The number of hydrogen-bond acceptors (Lipinski definition) is 3. The number of nitrogens with zero attached hydrogens (tertiary/aromatic N) is 1. The molecule has 0 N–H and O–H groups in total. The summed E-state index contributed by atoms with van der Waals surface area (Å²) in [6.07, 6.45) is 4.84. The molecule has 0 aromatic rings. The number of allylic oxidation sites excluding steroid dienone is 1. The monoisotopic (exact) mass is 339 g/mol. The number of likely N-dealkylation sites (tertiary alicyclic amines) is 1. The highest BCUT2D eigenvalue weighted by Crippen LogP contribution is 2.81. The summed E-state index contributed by atoms with van der Waals surface area (Å²) < 4.78 is 0. The van der Waals surface area contributed by atoms with Crippen LogP contribution in [-0.4, -0.2) is 35.5 Å². The molecule has 7 aliphatic rings. The van der Waals surface area contributed by atoms with E-state index in [-0.39, 0.29) is 46.3 Å². The van der Waals surface area contributed by atoms with Crippen LogP contribution >= 0.6 is 0 Å². The summed E-state index contributed by atoms with van der Waals surface area (Å²) in [6.45, 7) is 6.22. The fraction of sp³-hybridized carbons (Fsp3) is 0.762. The normalized spacial score (nSPS) is 58.2. The van der Waals surface area contributed by atoms with Crippen LogP contribution in [0.25, 0.3) is 0 Å². The van der Waals surface area contributed by atoms with Crippen molar-refractivity contribution >= 4 is 17.5 Å². The van der Waals surface area contributed by atoms with Gasteiger partial charge in [-0.1, -0.05) is 25.5 Å². The van der Waals surface area contributed by atoms with Crippen LogP contribution in [0.15, 0.2) is 12.2 Å². The molecule has 1 aliphatic heterocycles. The first kappa shape index (κ1) is 14.7. The molecule has 7 rings (SSSR count). The fourth-order valence-electron chi connectivity index (χ4n) is 9.28. The van der Waals surface area contributed by atoms with Crippen molar-refractivity contribution in [2.75, 3.05) is 7.05 Å². The molecule has 2 spiro atoms. The van der Waals surface area contributed by atoms with Crippen molar-refractivity contribution in [3.05, 3.63) is 12.2 Å². The molecule has 0 radical (unpaired) electrons. The van der Waals surface area contributed by atoms with E-state index in [0.29, 0.717) is 18.1 Å². The highest BCUT2D eigenvalue weighted by atomic mass is 16.2. The van der Waals surface area contributed by atoms with Gasteiger partial charge in [0.25, 0.3) is 0 Å². The molecule has 7 fully saturated rings. The van der Waals surface area contributed by atoms with Gasteiger partial charge in [-0.3, -0.25) is 14.4 Å². The van der Waals surface area contributed by atoms with Gasteiger partial charge in [0.2, 0.25) is 5.91 Å². The molecule has 4 heteroatoms. The molecule has 1 saturated heterocycles. The van der Waals surface area contributed by atoms with Crippen molar-refractivity contribution in [2.45, 2.75) is 51.5 Å². The lowest BCUT2D eigenvalue weighted by Gasteiger charge is -2.64. The van der Waals surface area contributed by atoms with Gasteiger partial charge in [-0.2, -0.15) is 0 Å². The SMILES string of the molecule is C=C1CC23CC(=O)C4C5(C)CCCC46C(C2CC1C(=O)C36)N(C)C5=O. The summed E-state index contributed by atoms with van der Waals surface area (Å²) in [5.41, 5.74) is -0.0807. The summed E-state index contributed by atoms with van der Waals surface area (Å²) in [5, 5.41) is 0. The molecule has 1 amide bonds. The van der Waals surface area contributed by atoms with Gasteiger partial charge >= 0.3 is 0 Å². The lowest BCUT2D eigenvalue weighted by atomic mass is 9.39. The third-order valence-electron chi connectivity index (χ3n) is 9.48. The predicted molar refractivity (Wildman–Crippen MR) is 90.3 cm³/mol. The maximum absolute atomic E-state index is 13.5. The first-order chi connectivity index (χ1) is 11.8. The maximum atomic E-state index is 13.5. The topological polar surface area (TPSA) is 54.5 Å². The quantitative estimate of drug-likeness (QED) is 0.637. The third-order valence-corrected chi connectivity index (χ3v) is 9.48. The molecular formula is C21H25NO3. The number of amides is 1. The molecule has 6 bridgehead atoms. The third kappa shape index (κ3) is 1.16. The minimum Gasteiger partial charge on any atom is -0.341 e. The second-order valence-electron chi connectivity index (χ2n) is 10.1. The van der Waals surface area contributed by atoms with E-state index in [4.69, 9.17) is 0 Å². The number of carbonyl (C=O) groups is 3. The number of Topliss-reactive ketones (excluding diaryl/α,β-unsaturated/α-hetero) is 2. The van der Waals surface area contributed by atoms with Crippen LogP contribution in [0.2, 0.25) is 0 Å². The molecule has 8 atom stereocenters. The number of carbonyl (C=O) groups excluding carboxylic acids is 3. The molecular weight excluding hydrogens is 314 g/mol. The smallest absolute Gasteiger partial charge is 0.229 e. The standard InChI is InChI=1S/C21H25NO3/c1-10-8-20-9-13(23)15-19(2)5-4-6-21(15)16(20)14(24)11(10)7-12(20)17(21)22(3)18(19)25/h11-12,15-17H,1,4-9H2,2-3H3. The van der Waals surface area contributed by atoms with Crippen LogP contribution in [0.4, 0.5) is 0 Å². The van der Waals surface area contributed by atoms with Gasteiger partial charge in [-0.05, 0) is 37.0 Å². The van der Waals surface area contributed by atoms with Crippen molar-refractivity contribution in [1.82, 2.24) is 4.90 Å². The lowest BCUT2D eigenvalue weighted by Crippen LogP contribution is -2.71. The van der Waals surface area contributed by atoms with E-state index in [1.807, 2.05) is 18.9 Å². The number of fused-ring (bicyclic) bond motifs is 1. The average Bonchev–Trinajstić information content (AvgIpc) is 2.63. The van der Waals surface area contributed by atoms with Crippen molar-refractivity contribution in [3.8, 4) is 0 Å². The van der Waals surface area contributed by atoms with Crippen molar-refractivity contribution < 1.29 is 14.4 Å². The molecule has 132 valence electrons. The molecule has 0 aromatic heterocycles. The predicted octanol–water partition coefficient (Wildman–Crippen LogP) is 2.37. The Labute approximate surface area is 148 Å². The van der Waals surface area contributed by atoms with Crippen LogP contribution in [0.1, 0.15) is 45.4 Å². The highest BCUT2D eigenvalue weighted by Gasteiger charge is 2.84. The average molecular weight is 339 g/mol. The van der Waals surface area contributed by atoms with E-state index in [0.717, 1.165) is 37.7 Å². The van der Waals surface area contributed by atoms with Gasteiger partial charge in [-0.25, -0.2) is 0 Å². The van der Waals surface area contributed by atoms with Gasteiger partial charge in [0.1, 0.15) is 11.6 Å². The lowest BCUT2D eigenvalue weighted by molar-refractivity contribution is -0.196. The summed E-state index contributed by atoms with van der Waals surface area (Å²) in [5.74, 6) is 0.807. The minimum atomic E-state index is -0.601. The zero-order valence-corrected chi connectivity index (χ0v) is 15.0. The molecule has 25 heavy (non-hydrogen) atoms. The van der Waals surface area contributed by atoms with E-state index < -0.39 is 5.41 Å². The van der Waals surface area contributed by atoms with Crippen LogP contribution < -0.4 is 0 Å². The number of hydrogen-bond donors (Lipinski definition) is 0. The van der Waals surface area contributed by atoms with Gasteiger partial charge < -0.3 is 4.90 Å². The van der Waals surface area contributed by atoms with Crippen molar-refractivity contribution in [1.29, 1.82) is 0 Å². The Kier molecular flexibility index (Phi) is 2.23. The van der Waals surface area contributed by atoms with Gasteiger partial charge in [0, 0.05) is 42.7 Å². The highest BCUT2D eigenvalue weighted by molar-refractivity contribution is 6.01. The molecule has 1 heterocycles. The maximum Gasteiger partial charge on any atom is 0.229 e. The first-order valence-corrected chi connectivity index (χ1v) is 9.80. The molecule has 8 unspecified atom stereocenters. The first-order valence-electron chi connectivity index (χ1n) is 9.80. The van der Waals surface area contributed by atoms with Crippen molar-refractivity contribution in [3.63, 3.8) is 0 Å². The molecule has 0 aromatic carbocycles. The fourth-order valence-corrected chi connectivity index (χ4v) is 9.28. The van der Waals surface area contributed by atoms with Gasteiger partial charge in [-0.15, -0.1) is 0 Å². The zero-order chi connectivity index (χ0) is 17.5. The summed E-state index contributed by atoms with van der Waals surface area (Å²) in [4.78, 5) is 42.3. The molecule has 4 nitrogen and oxygen atoms in total. The van der Waals surface area contributed by atoms with Crippen LogP contribution in [0, 0.1) is 39.9 Å². The summed E-state index contributed by atoms with van der Waals surface area (Å²) >= 11 is 0. The van der Waals surface area contributed by atoms with Gasteiger partial charge in [0.05, 0.1) is 5.41 Å². The van der Waals surface area contributed by atoms with Gasteiger partial charge in [0.15, 0.2) is 0 Å². The van der Waals surface area contributed by atoms with Crippen LogP contribution in [0.3, 0.4) is 0 Å². The Morgan fingerprint density at radius 1 is 1.12 bits per heavy atom. The summed E-state index contributed by atoms with van der Waals surface area (Å²) in [7, 11) is 1.94. The second kappa shape index (κ2) is 3.79. The van der Waals surface area contributed by atoms with E-state index in [1.165, 1.54) is 0 Å². The number of ketones is 2. The number of piperidine rings is 1. The second-order valence-corrected chi connectivity index (χ2v) is 10.1. The van der Waals surface area contributed by atoms with Crippen LogP contribution in [-0.2, 0) is 14.4 Å².